The molecule has 3 amide bonds. The highest BCUT2D eigenvalue weighted by Crippen LogP contribution is 2.28. The second-order valence-corrected chi connectivity index (χ2v) is 7.73. The van der Waals surface area contributed by atoms with E-state index in [1.54, 1.807) is 42.5 Å². The van der Waals surface area contributed by atoms with E-state index < -0.39 is 11.9 Å². The second-order valence-electron chi connectivity index (χ2n) is 6.45. The van der Waals surface area contributed by atoms with Crippen LogP contribution in [-0.4, -0.2) is 34.0 Å². The van der Waals surface area contributed by atoms with Gasteiger partial charge in [-0.15, -0.1) is 11.8 Å². The summed E-state index contributed by atoms with van der Waals surface area (Å²) in [5.41, 5.74) is 1.75. The maximum absolute atomic E-state index is 12.7. The molecule has 1 unspecified atom stereocenters. The average molecular weight is 442 g/mol. The van der Waals surface area contributed by atoms with Crippen LogP contribution in [0.3, 0.4) is 0 Å². The summed E-state index contributed by atoms with van der Waals surface area (Å²) in [7, 11) is 0. The van der Waals surface area contributed by atoms with Crippen molar-refractivity contribution in [1.29, 1.82) is 0 Å². The molecule has 0 spiro atoms. The zero-order valence-electron chi connectivity index (χ0n) is 17.0. The molecular weight excluding hydrogens is 418 g/mol. The summed E-state index contributed by atoms with van der Waals surface area (Å²) < 4.78 is 0. The zero-order valence-corrected chi connectivity index (χ0v) is 17.9. The van der Waals surface area contributed by atoms with Gasteiger partial charge in [0, 0.05) is 41.0 Å². The van der Waals surface area contributed by atoms with Crippen LogP contribution in [0.15, 0.2) is 65.6 Å². The van der Waals surface area contributed by atoms with Crippen LogP contribution in [-0.2, 0) is 19.2 Å². The lowest BCUT2D eigenvalue weighted by Gasteiger charge is -2.15. The van der Waals surface area contributed by atoms with Gasteiger partial charge in [-0.05, 0) is 48.9 Å². The standard InChI is InChI=1S/C22H23N3O5S/c1-3-19(22(30)25-16-9-7-15(8-10-16)23-14(2)26)31-18-6-4-5-17(13-18)24-20(27)11-12-21(28)29/h4-13,19H,3H2,1-2H3,(H,23,26)(H,24,27)(H,25,30)(H,28,29)/b12-11+. The maximum atomic E-state index is 12.7. The molecule has 9 heteroatoms. The molecule has 0 bridgehead atoms. The van der Waals surface area contributed by atoms with E-state index in [9.17, 15) is 19.2 Å². The van der Waals surface area contributed by atoms with Crippen molar-refractivity contribution in [2.24, 2.45) is 0 Å². The number of carbonyl (C=O) groups excluding carboxylic acids is 3. The van der Waals surface area contributed by atoms with E-state index in [-0.39, 0.29) is 17.1 Å². The van der Waals surface area contributed by atoms with E-state index in [0.29, 0.717) is 23.5 Å². The van der Waals surface area contributed by atoms with Gasteiger partial charge in [0.05, 0.1) is 5.25 Å². The summed E-state index contributed by atoms with van der Waals surface area (Å²) >= 11 is 1.35. The quantitative estimate of drug-likeness (QED) is 0.347. The molecule has 0 heterocycles. The fourth-order valence-electron chi connectivity index (χ4n) is 2.53. The number of carboxylic acids is 1. The van der Waals surface area contributed by atoms with Crippen LogP contribution in [0.4, 0.5) is 17.1 Å². The Morgan fingerprint density at radius 2 is 1.58 bits per heavy atom. The van der Waals surface area contributed by atoms with Crippen molar-refractivity contribution < 1.29 is 24.3 Å². The van der Waals surface area contributed by atoms with Gasteiger partial charge in [0.1, 0.15) is 0 Å². The predicted octanol–water partition coefficient (Wildman–Crippen LogP) is 3.73. The number of benzene rings is 2. The van der Waals surface area contributed by atoms with Crippen LogP contribution in [0.2, 0.25) is 0 Å². The third kappa shape index (κ3) is 8.35. The molecule has 0 aliphatic carbocycles. The highest BCUT2D eigenvalue weighted by molar-refractivity contribution is 8.00. The van der Waals surface area contributed by atoms with Gasteiger partial charge in [0.25, 0.3) is 0 Å². The number of rotatable bonds is 9. The third-order valence-corrected chi connectivity index (χ3v) is 5.25. The van der Waals surface area contributed by atoms with E-state index >= 15 is 0 Å². The maximum Gasteiger partial charge on any atom is 0.328 e. The van der Waals surface area contributed by atoms with E-state index in [4.69, 9.17) is 5.11 Å². The van der Waals surface area contributed by atoms with Gasteiger partial charge in [-0.3, -0.25) is 14.4 Å². The molecule has 0 aliphatic rings. The molecule has 8 nitrogen and oxygen atoms in total. The summed E-state index contributed by atoms with van der Waals surface area (Å²) in [6.07, 6.45) is 2.27. The average Bonchev–Trinajstić information content (AvgIpc) is 2.71. The van der Waals surface area contributed by atoms with Gasteiger partial charge in [-0.1, -0.05) is 13.0 Å². The Morgan fingerprint density at radius 1 is 0.935 bits per heavy atom. The Labute approximate surface area is 184 Å². The molecule has 0 aliphatic heterocycles. The van der Waals surface area contributed by atoms with Crippen LogP contribution < -0.4 is 16.0 Å². The number of thioether (sulfide) groups is 1. The molecule has 0 saturated heterocycles. The molecule has 2 aromatic rings. The molecule has 2 rings (SSSR count). The lowest BCUT2D eigenvalue weighted by atomic mass is 10.2. The van der Waals surface area contributed by atoms with Crippen molar-refractivity contribution in [2.45, 2.75) is 30.4 Å². The third-order valence-electron chi connectivity index (χ3n) is 3.89. The smallest absolute Gasteiger partial charge is 0.328 e. The molecular formula is C22H23N3O5S. The van der Waals surface area contributed by atoms with Gasteiger partial charge < -0.3 is 21.1 Å². The number of carboxylic acid groups (broad SMARTS) is 1. The Morgan fingerprint density at radius 3 is 2.16 bits per heavy atom. The van der Waals surface area contributed by atoms with E-state index in [2.05, 4.69) is 16.0 Å². The summed E-state index contributed by atoms with van der Waals surface area (Å²) in [5.74, 6) is -2.10. The summed E-state index contributed by atoms with van der Waals surface area (Å²) in [4.78, 5) is 46.8. The lowest BCUT2D eigenvalue weighted by molar-refractivity contribution is -0.131. The van der Waals surface area contributed by atoms with Gasteiger partial charge in [-0.2, -0.15) is 0 Å². The van der Waals surface area contributed by atoms with Gasteiger partial charge in [0.15, 0.2) is 0 Å². The minimum atomic E-state index is -1.21. The van der Waals surface area contributed by atoms with Crippen molar-refractivity contribution in [1.82, 2.24) is 0 Å². The number of hydrogen-bond acceptors (Lipinski definition) is 5. The predicted molar refractivity (Wildman–Crippen MR) is 121 cm³/mol. The van der Waals surface area contributed by atoms with E-state index in [1.807, 2.05) is 13.0 Å². The first-order valence-electron chi connectivity index (χ1n) is 9.44. The summed E-state index contributed by atoms with van der Waals surface area (Å²) in [6, 6.07) is 13.8. The number of anilines is 3. The second kappa shape index (κ2) is 11.6. The fraction of sp³-hybridized carbons (Fsp3) is 0.182. The highest BCUT2D eigenvalue weighted by Gasteiger charge is 2.18. The van der Waals surface area contributed by atoms with Crippen LogP contribution in [0.25, 0.3) is 0 Å². The topological polar surface area (TPSA) is 125 Å². The van der Waals surface area contributed by atoms with Crippen molar-refractivity contribution in [3.63, 3.8) is 0 Å². The first kappa shape index (κ1) is 23.7. The van der Waals surface area contributed by atoms with Gasteiger partial charge in [-0.25, -0.2) is 4.79 Å². The van der Waals surface area contributed by atoms with Crippen molar-refractivity contribution in [2.75, 3.05) is 16.0 Å². The van der Waals surface area contributed by atoms with Gasteiger partial charge >= 0.3 is 5.97 Å². The molecule has 4 N–H and O–H groups in total. The van der Waals surface area contributed by atoms with Crippen LogP contribution in [0, 0.1) is 0 Å². The number of hydrogen-bond donors (Lipinski definition) is 4. The van der Waals surface area contributed by atoms with Gasteiger partial charge in [0.2, 0.25) is 17.7 Å². The Balaban J connectivity index is 2.00. The number of nitrogens with one attached hydrogen (secondary N) is 3. The number of amides is 3. The molecule has 162 valence electrons. The minimum absolute atomic E-state index is 0.168. The molecule has 0 aromatic heterocycles. The van der Waals surface area contributed by atoms with E-state index in [1.165, 1.54) is 18.7 Å². The Hall–Kier alpha value is -3.59. The normalized spacial score (nSPS) is 11.5. The molecule has 0 fully saturated rings. The number of aliphatic carboxylic acids is 1. The van der Waals surface area contributed by atoms with Crippen LogP contribution in [0.1, 0.15) is 20.3 Å². The van der Waals surface area contributed by atoms with Crippen LogP contribution in [0.5, 0.6) is 0 Å². The molecule has 0 radical (unpaired) electrons. The van der Waals surface area contributed by atoms with Crippen molar-refractivity contribution in [3.8, 4) is 0 Å². The van der Waals surface area contributed by atoms with Crippen LogP contribution >= 0.6 is 11.8 Å². The molecule has 2 aromatic carbocycles. The Bertz CT molecular complexity index is 989. The molecule has 0 saturated carbocycles. The molecule has 31 heavy (non-hydrogen) atoms. The highest BCUT2D eigenvalue weighted by atomic mass is 32.2. The van der Waals surface area contributed by atoms with Crippen molar-refractivity contribution >= 4 is 52.5 Å². The SMILES string of the molecule is CCC(Sc1cccc(NC(=O)/C=C/C(=O)O)c1)C(=O)Nc1ccc(NC(C)=O)cc1. The largest absolute Gasteiger partial charge is 0.478 e. The van der Waals surface area contributed by atoms with E-state index in [0.717, 1.165) is 17.0 Å². The number of carbonyl (C=O) groups is 4. The first-order valence-corrected chi connectivity index (χ1v) is 10.3. The molecule has 1 atom stereocenters. The zero-order chi connectivity index (χ0) is 22.8. The monoisotopic (exact) mass is 441 g/mol. The minimum Gasteiger partial charge on any atom is -0.478 e. The first-order chi connectivity index (χ1) is 14.8. The Kier molecular flexibility index (Phi) is 8.83. The lowest BCUT2D eigenvalue weighted by Crippen LogP contribution is -2.24. The summed E-state index contributed by atoms with van der Waals surface area (Å²) in [6.45, 7) is 3.32. The van der Waals surface area contributed by atoms with Crippen molar-refractivity contribution in [3.05, 3.63) is 60.7 Å². The fourth-order valence-corrected chi connectivity index (χ4v) is 3.54. The summed E-state index contributed by atoms with van der Waals surface area (Å²) in [5, 5.41) is 16.3.